The highest BCUT2D eigenvalue weighted by molar-refractivity contribution is 5.74. The molecule has 2 aromatic carbocycles. The van der Waals surface area contributed by atoms with Crippen LogP contribution in [0.25, 0.3) is 0 Å². The molecule has 33 heavy (non-hydrogen) atoms. The number of methoxy groups -OCH3 is 1. The Morgan fingerprint density at radius 1 is 1.03 bits per heavy atom. The third-order valence-electron chi connectivity index (χ3n) is 5.01. The highest BCUT2D eigenvalue weighted by atomic mass is 16.6. The molecule has 2 N–H and O–H groups in total. The van der Waals surface area contributed by atoms with Crippen molar-refractivity contribution >= 4 is 11.9 Å². The highest BCUT2D eigenvalue weighted by Crippen LogP contribution is 2.21. The minimum atomic E-state index is -1.58. The first-order valence-electron chi connectivity index (χ1n) is 10.9. The van der Waals surface area contributed by atoms with Crippen molar-refractivity contribution in [2.45, 2.75) is 37.9 Å². The van der Waals surface area contributed by atoms with Crippen LogP contribution in [-0.4, -0.2) is 73.6 Å². The minimum absolute atomic E-state index is 0.158. The Labute approximate surface area is 194 Å². The van der Waals surface area contributed by atoms with Crippen LogP contribution in [0.15, 0.2) is 48.5 Å². The molecule has 2 atom stereocenters. The molecule has 0 saturated heterocycles. The van der Waals surface area contributed by atoms with Gasteiger partial charge in [0.05, 0.1) is 7.11 Å². The number of likely N-dealkylation sites (N-methyl/N-ethyl adjacent to an activating group) is 1. The average molecular weight is 460 g/mol. The van der Waals surface area contributed by atoms with E-state index in [1.165, 1.54) is 5.56 Å². The summed E-state index contributed by atoms with van der Waals surface area (Å²) in [5.74, 6) is -0.380. The summed E-state index contributed by atoms with van der Waals surface area (Å²) in [6.07, 6.45) is -0.879. The van der Waals surface area contributed by atoms with Crippen molar-refractivity contribution in [1.82, 2.24) is 4.90 Å². The quantitative estimate of drug-likeness (QED) is 0.415. The summed E-state index contributed by atoms with van der Waals surface area (Å²) >= 11 is 0. The molecule has 0 aliphatic rings. The number of carboxylic acids is 1. The first-order chi connectivity index (χ1) is 15.8. The molecule has 0 amide bonds. The van der Waals surface area contributed by atoms with Gasteiger partial charge < -0.3 is 29.3 Å². The first-order valence-corrected chi connectivity index (χ1v) is 10.9. The van der Waals surface area contributed by atoms with Gasteiger partial charge in [0.15, 0.2) is 6.10 Å². The van der Waals surface area contributed by atoms with Gasteiger partial charge in [-0.3, -0.25) is 4.79 Å². The molecule has 0 bridgehead atoms. The molecule has 0 radical (unpaired) electrons. The molecule has 0 saturated carbocycles. The van der Waals surface area contributed by atoms with Crippen molar-refractivity contribution in [3.05, 3.63) is 59.7 Å². The number of carboxylic acid groups (broad SMARTS) is 1. The van der Waals surface area contributed by atoms with Crippen LogP contribution in [0, 0.1) is 0 Å². The molecule has 0 unspecified atom stereocenters. The fourth-order valence-electron chi connectivity index (χ4n) is 3.26. The van der Waals surface area contributed by atoms with E-state index in [2.05, 4.69) is 0 Å². The number of benzene rings is 2. The standard InChI is InChI=1S/C25H33NO7/c1-26(2)16-21(33-24(28)15-14-22(27)25(29)30)17-32-23-7-5-4-6-19(23)11-8-18-9-12-20(31-3)13-10-18/h4-7,9-10,12-13,21-22,27H,8,11,14-17H2,1-3H3,(H,29,30)/t21-,22+/m1/s1. The molecule has 0 fully saturated rings. The third kappa shape index (κ3) is 9.51. The lowest BCUT2D eigenvalue weighted by atomic mass is 10.0. The normalized spacial score (nSPS) is 12.8. The van der Waals surface area contributed by atoms with E-state index in [4.69, 9.17) is 19.3 Å². The van der Waals surface area contributed by atoms with Crippen LogP contribution >= 0.6 is 0 Å². The molecule has 2 rings (SSSR count). The van der Waals surface area contributed by atoms with Gasteiger partial charge in [0.25, 0.3) is 0 Å². The molecule has 2 aromatic rings. The maximum Gasteiger partial charge on any atom is 0.332 e. The maximum atomic E-state index is 12.1. The lowest BCUT2D eigenvalue weighted by Gasteiger charge is -2.22. The number of carbonyl (C=O) groups is 2. The molecule has 0 aliphatic heterocycles. The topological polar surface area (TPSA) is 106 Å². The predicted octanol–water partition coefficient (Wildman–Crippen LogP) is 2.56. The Hall–Kier alpha value is -3.10. The lowest BCUT2D eigenvalue weighted by molar-refractivity contribution is -0.153. The molecular formula is C25H33NO7. The first kappa shape index (κ1) is 26.2. The molecular weight excluding hydrogens is 426 g/mol. The fourth-order valence-corrected chi connectivity index (χ4v) is 3.26. The summed E-state index contributed by atoms with van der Waals surface area (Å²) in [6.45, 7) is 0.603. The Balaban J connectivity index is 1.94. The van der Waals surface area contributed by atoms with E-state index in [1.807, 2.05) is 67.5 Å². The van der Waals surface area contributed by atoms with Gasteiger partial charge in [-0.25, -0.2) is 4.79 Å². The van der Waals surface area contributed by atoms with E-state index < -0.39 is 24.1 Å². The molecule has 0 heterocycles. The van der Waals surface area contributed by atoms with Crippen molar-refractivity contribution in [1.29, 1.82) is 0 Å². The van der Waals surface area contributed by atoms with Gasteiger partial charge in [0, 0.05) is 13.0 Å². The van der Waals surface area contributed by atoms with Crippen molar-refractivity contribution in [3.8, 4) is 11.5 Å². The summed E-state index contributed by atoms with van der Waals surface area (Å²) in [5.41, 5.74) is 2.24. The number of rotatable bonds is 14. The number of aryl methyl sites for hydroxylation is 2. The summed E-state index contributed by atoms with van der Waals surface area (Å²) < 4.78 is 16.7. The SMILES string of the molecule is COc1ccc(CCc2ccccc2OC[C@@H](CN(C)C)OC(=O)CC[C@H](O)C(=O)O)cc1. The van der Waals surface area contributed by atoms with E-state index >= 15 is 0 Å². The Morgan fingerprint density at radius 2 is 1.73 bits per heavy atom. The van der Waals surface area contributed by atoms with Crippen LogP contribution in [0.5, 0.6) is 11.5 Å². The van der Waals surface area contributed by atoms with E-state index in [9.17, 15) is 14.7 Å². The van der Waals surface area contributed by atoms with Crippen LogP contribution in [0.1, 0.15) is 24.0 Å². The number of hydrogen-bond donors (Lipinski definition) is 2. The smallest absolute Gasteiger partial charge is 0.332 e. The van der Waals surface area contributed by atoms with Gasteiger partial charge in [-0.15, -0.1) is 0 Å². The van der Waals surface area contributed by atoms with Crippen molar-refractivity contribution in [2.75, 3.05) is 34.4 Å². The monoisotopic (exact) mass is 459 g/mol. The second-order valence-electron chi connectivity index (χ2n) is 8.03. The maximum absolute atomic E-state index is 12.1. The number of nitrogens with zero attached hydrogens (tertiary/aromatic N) is 1. The van der Waals surface area contributed by atoms with Gasteiger partial charge in [-0.2, -0.15) is 0 Å². The Kier molecular flexibility index (Phi) is 10.7. The number of carbonyl (C=O) groups excluding carboxylic acids is 1. The number of aliphatic hydroxyl groups is 1. The molecule has 180 valence electrons. The third-order valence-corrected chi connectivity index (χ3v) is 5.01. The van der Waals surface area contributed by atoms with Crippen LogP contribution in [0.2, 0.25) is 0 Å². The molecule has 0 spiro atoms. The second-order valence-corrected chi connectivity index (χ2v) is 8.03. The average Bonchev–Trinajstić information content (AvgIpc) is 2.80. The number of para-hydroxylation sites is 1. The van der Waals surface area contributed by atoms with Crippen LogP contribution in [0.4, 0.5) is 0 Å². The van der Waals surface area contributed by atoms with Gasteiger partial charge in [-0.05, 0) is 62.7 Å². The van der Waals surface area contributed by atoms with Crippen molar-refractivity contribution in [2.24, 2.45) is 0 Å². The van der Waals surface area contributed by atoms with Crippen LogP contribution < -0.4 is 9.47 Å². The summed E-state index contributed by atoms with van der Waals surface area (Å²) in [6, 6.07) is 15.7. The number of esters is 1. The van der Waals surface area contributed by atoms with Crippen molar-refractivity contribution in [3.63, 3.8) is 0 Å². The van der Waals surface area contributed by atoms with E-state index in [0.29, 0.717) is 6.54 Å². The second kappa shape index (κ2) is 13.4. The van der Waals surface area contributed by atoms with E-state index in [0.717, 1.165) is 29.9 Å². The zero-order valence-corrected chi connectivity index (χ0v) is 19.4. The number of hydrogen-bond acceptors (Lipinski definition) is 7. The van der Waals surface area contributed by atoms with Gasteiger partial charge >= 0.3 is 11.9 Å². The Bertz CT molecular complexity index is 883. The zero-order chi connectivity index (χ0) is 24.2. The van der Waals surface area contributed by atoms with Gasteiger partial charge in [0.2, 0.25) is 0 Å². The predicted molar refractivity (Wildman–Crippen MR) is 124 cm³/mol. The van der Waals surface area contributed by atoms with E-state index in [-0.39, 0.29) is 19.4 Å². The lowest BCUT2D eigenvalue weighted by Crippen LogP contribution is -2.35. The molecule has 8 nitrogen and oxygen atoms in total. The molecule has 8 heteroatoms. The van der Waals surface area contributed by atoms with Gasteiger partial charge in [-0.1, -0.05) is 30.3 Å². The molecule has 0 aliphatic carbocycles. The number of aliphatic carboxylic acids is 1. The fraction of sp³-hybridized carbons (Fsp3) is 0.440. The highest BCUT2D eigenvalue weighted by Gasteiger charge is 2.20. The minimum Gasteiger partial charge on any atom is -0.497 e. The summed E-state index contributed by atoms with van der Waals surface area (Å²) in [5, 5.41) is 18.1. The number of aliphatic hydroxyl groups excluding tert-OH is 1. The van der Waals surface area contributed by atoms with Gasteiger partial charge in [0.1, 0.15) is 24.2 Å². The van der Waals surface area contributed by atoms with Crippen LogP contribution in [0.3, 0.4) is 0 Å². The molecule has 0 aromatic heterocycles. The number of ether oxygens (including phenoxy) is 3. The Morgan fingerprint density at radius 3 is 2.36 bits per heavy atom. The van der Waals surface area contributed by atoms with E-state index in [1.54, 1.807) is 7.11 Å². The summed E-state index contributed by atoms with van der Waals surface area (Å²) in [4.78, 5) is 24.7. The summed E-state index contributed by atoms with van der Waals surface area (Å²) in [7, 11) is 5.36. The zero-order valence-electron chi connectivity index (χ0n) is 19.4. The van der Waals surface area contributed by atoms with Crippen molar-refractivity contribution < 1.29 is 34.0 Å². The van der Waals surface area contributed by atoms with Crippen LogP contribution in [-0.2, 0) is 27.2 Å². The largest absolute Gasteiger partial charge is 0.497 e.